The average Bonchev–Trinajstić information content (AvgIpc) is 3.24. The third kappa shape index (κ3) is 3.62. The van der Waals surface area contributed by atoms with Crippen LogP contribution in [0, 0.1) is 12.7 Å². The quantitative estimate of drug-likeness (QED) is 0.385. The molecule has 4 rings (SSSR count). The van der Waals surface area contributed by atoms with Gasteiger partial charge in [-0.05, 0) is 42.8 Å². The van der Waals surface area contributed by atoms with E-state index in [2.05, 4.69) is 20.4 Å². The Balaban J connectivity index is 1.57. The van der Waals surface area contributed by atoms with Crippen molar-refractivity contribution in [2.45, 2.75) is 6.92 Å². The number of imidazole rings is 1. The standard InChI is InChI=1S/C20H16FN5O/c1-13-12-18(24-19(27)11-8-14-6-9-15(21)10-7-14)26(25-13)20-22-16-4-2-3-5-17(16)23-20/h2-12H,1H3,(H2,22,23,24,25,27)/p+1. The van der Waals surface area contributed by atoms with E-state index in [4.69, 9.17) is 0 Å². The molecule has 4 aromatic rings. The van der Waals surface area contributed by atoms with Crippen LogP contribution in [0.4, 0.5) is 10.2 Å². The number of aromatic amines is 2. The number of hydrogen-bond acceptors (Lipinski definition) is 2. The highest BCUT2D eigenvalue weighted by Gasteiger charge is 2.19. The summed E-state index contributed by atoms with van der Waals surface area (Å²) in [5.74, 6) is 0.511. The maximum Gasteiger partial charge on any atom is 0.374 e. The van der Waals surface area contributed by atoms with Crippen molar-refractivity contribution >= 4 is 28.8 Å². The number of hydrogen-bond donors (Lipinski definition) is 3. The van der Waals surface area contributed by atoms with Gasteiger partial charge in [-0.25, -0.2) is 4.39 Å². The maximum absolute atomic E-state index is 12.9. The van der Waals surface area contributed by atoms with E-state index in [-0.39, 0.29) is 11.7 Å². The summed E-state index contributed by atoms with van der Waals surface area (Å²) in [5, 5.41) is 5.98. The fourth-order valence-corrected chi connectivity index (χ4v) is 2.76. The highest BCUT2D eigenvalue weighted by Crippen LogP contribution is 2.12. The summed E-state index contributed by atoms with van der Waals surface area (Å²) in [7, 11) is 0. The van der Waals surface area contributed by atoms with E-state index in [0.29, 0.717) is 11.8 Å². The van der Waals surface area contributed by atoms with Crippen molar-refractivity contribution in [1.29, 1.82) is 0 Å². The zero-order valence-corrected chi connectivity index (χ0v) is 14.5. The first-order chi connectivity index (χ1) is 13.1. The van der Waals surface area contributed by atoms with Crippen molar-refractivity contribution in [2.75, 3.05) is 5.32 Å². The van der Waals surface area contributed by atoms with Crippen LogP contribution in [0.25, 0.3) is 23.1 Å². The van der Waals surface area contributed by atoms with Crippen LogP contribution in [0.2, 0.25) is 0 Å². The van der Waals surface area contributed by atoms with Crippen LogP contribution < -0.4 is 10.00 Å². The molecule has 0 atom stereocenters. The van der Waals surface area contributed by atoms with Crippen LogP contribution in [0.1, 0.15) is 11.3 Å². The Morgan fingerprint density at radius 3 is 2.74 bits per heavy atom. The van der Waals surface area contributed by atoms with E-state index in [1.807, 2.05) is 37.3 Å². The molecule has 134 valence electrons. The fraction of sp³-hybridized carbons (Fsp3) is 0.0500. The summed E-state index contributed by atoms with van der Waals surface area (Å²) in [4.78, 5) is 20.0. The number of nitrogens with zero attached hydrogens (tertiary/aromatic N) is 2. The topological polar surface area (TPSA) is 77.5 Å². The molecule has 3 N–H and O–H groups in total. The Morgan fingerprint density at radius 1 is 1.19 bits per heavy atom. The Labute approximate surface area is 154 Å². The Kier molecular flexibility index (Phi) is 4.25. The highest BCUT2D eigenvalue weighted by molar-refractivity contribution is 6.01. The number of nitrogens with one attached hydrogen (secondary N) is 3. The molecule has 0 fully saturated rings. The maximum atomic E-state index is 12.9. The van der Waals surface area contributed by atoms with Gasteiger partial charge in [-0.15, -0.1) is 9.67 Å². The molecule has 0 aliphatic rings. The second kappa shape index (κ2) is 6.87. The van der Waals surface area contributed by atoms with Gasteiger partial charge >= 0.3 is 5.95 Å². The largest absolute Gasteiger partial charge is 0.374 e. The number of rotatable bonds is 4. The number of benzene rings is 2. The number of carbonyl (C=O) groups excluding carboxylic acids is 1. The lowest BCUT2D eigenvalue weighted by Gasteiger charge is -1.98. The lowest BCUT2D eigenvalue weighted by molar-refractivity contribution is -0.648. The Morgan fingerprint density at radius 2 is 1.96 bits per heavy atom. The number of aryl methyl sites for hydroxylation is 1. The molecule has 6 nitrogen and oxygen atoms in total. The minimum Gasteiger partial charge on any atom is -0.258 e. The lowest BCUT2D eigenvalue weighted by atomic mass is 10.2. The summed E-state index contributed by atoms with van der Waals surface area (Å²) in [6, 6.07) is 15.4. The molecule has 0 aliphatic carbocycles. The van der Waals surface area contributed by atoms with Gasteiger partial charge in [0, 0.05) is 17.8 Å². The molecule has 2 aromatic carbocycles. The van der Waals surface area contributed by atoms with Crippen LogP contribution in [0.5, 0.6) is 0 Å². The van der Waals surface area contributed by atoms with Gasteiger partial charge in [0.15, 0.2) is 5.52 Å². The predicted molar refractivity (Wildman–Crippen MR) is 101 cm³/mol. The normalized spacial score (nSPS) is 11.3. The van der Waals surface area contributed by atoms with Gasteiger partial charge in [0.25, 0.3) is 5.91 Å². The van der Waals surface area contributed by atoms with Gasteiger partial charge in [-0.2, -0.15) is 0 Å². The summed E-state index contributed by atoms with van der Waals surface area (Å²) < 4.78 is 14.6. The second-order valence-electron chi connectivity index (χ2n) is 6.11. The molecule has 0 unspecified atom stereocenters. The Hall–Kier alpha value is -3.74. The lowest BCUT2D eigenvalue weighted by Crippen LogP contribution is -2.38. The number of fused-ring (bicyclic) bond motifs is 1. The summed E-state index contributed by atoms with van der Waals surface area (Å²) in [6.07, 6.45) is 3.03. The van der Waals surface area contributed by atoms with Crippen LogP contribution in [-0.2, 0) is 4.79 Å². The van der Waals surface area contributed by atoms with Gasteiger partial charge in [-0.1, -0.05) is 24.3 Å². The van der Waals surface area contributed by atoms with Gasteiger partial charge < -0.3 is 0 Å². The van der Waals surface area contributed by atoms with E-state index in [9.17, 15) is 9.18 Å². The molecule has 0 spiro atoms. The summed E-state index contributed by atoms with van der Waals surface area (Å²) in [6.45, 7) is 1.89. The van der Waals surface area contributed by atoms with Crippen LogP contribution in [-0.4, -0.2) is 21.0 Å². The van der Waals surface area contributed by atoms with Gasteiger partial charge in [-0.3, -0.25) is 20.2 Å². The molecule has 2 heterocycles. The third-order valence-electron chi connectivity index (χ3n) is 4.02. The molecule has 0 bridgehead atoms. The van der Waals surface area contributed by atoms with E-state index in [0.717, 1.165) is 22.3 Å². The van der Waals surface area contributed by atoms with Gasteiger partial charge in [0.05, 0.1) is 0 Å². The second-order valence-corrected chi connectivity index (χ2v) is 6.11. The van der Waals surface area contributed by atoms with E-state index >= 15 is 0 Å². The molecule has 0 radical (unpaired) electrons. The zero-order valence-electron chi connectivity index (χ0n) is 14.5. The van der Waals surface area contributed by atoms with E-state index < -0.39 is 0 Å². The third-order valence-corrected chi connectivity index (χ3v) is 4.02. The average molecular weight is 362 g/mol. The van der Waals surface area contributed by atoms with Crippen LogP contribution in [0.3, 0.4) is 0 Å². The number of aromatic nitrogens is 4. The van der Waals surface area contributed by atoms with E-state index in [1.165, 1.54) is 18.2 Å². The van der Waals surface area contributed by atoms with Crippen molar-refractivity contribution in [1.82, 2.24) is 15.1 Å². The van der Waals surface area contributed by atoms with Gasteiger partial charge in [0.1, 0.15) is 11.3 Å². The molecule has 1 amide bonds. The molecule has 2 aromatic heterocycles. The number of halogens is 1. The van der Waals surface area contributed by atoms with E-state index in [1.54, 1.807) is 22.9 Å². The first-order valence-corrected chi connectivity index (χ1v) is 8.40. The number of para-hydroxylation sites is 2. The molecule has 0 saturated heterocycles. The molecular weight excluding hydrogens is 345 g/mol. The van der Waals surface area contributed by atoms with Crippen molar-refractivity contribution in [2.24, 2.45) is 0 Å². The first-order valence-electron chi connectivity index (χ1n) is 8.40. The monoisotopic (exact) mass is 362 g/mol. The molecule has 0 aliphatic heterocycles. The summed E-state index contributed by atoms with van der Waals surface area (Å²) >= 11 is 0. The van der Waals surface area contributed by atoms with Gasteiger partial charge in [0.2, 0.25) is 5.82 Å². The highest BCUT2D eigenvalue weighted by atomic mass is 19.1. The number of H-pyrrole nitrogens is 2. The minimum absolute atomic E-state index is 0.303. The van der Waals surface area contributed by atoms with Crippen molar-refractivity contribution in [3.63, 3.8) is 0 Å². The van der Waals surface area contributed by atoms with Crippen LogP contribution in [0.15, 0.2) is 60.7 Å². The number of amides is 1. The molecular formula is C20H17FN5O+. The fourth-order valence-electron chi connectivity index (χ4n) is 2.76. The predicted octanol–water partition coefficient (Wildman–Crippen LogP) is 3.27. The van der Waals surface area contributed by atoms with Crippen molar-refractivity contribution < 1.29 is 13.9 Å². The smallest absolute Gasteiger partial charge is 0.258 e. The molecule has 27 heavy (non-hydrogen) atoms. The minimum atomic E-state index is -0.314. The summed E-state index contributed by atoms with van der Waals surface area (Å²) in [5.41, 5.74) is 3.34. The molecule has 0 saturated carbocycles. The first kappa shape index (κ1) is 16.7. The SMILES string of the molecule is Cc1cc(NC(=O)C=Cc2ccc(F)cc2)[n+](-c2nc3ccccc3[nH]2)[nH]1. The van der Waals surface area contributed by atoms with Crippen molar-refractivity contribution in [3.05, 3.63) is 77.7 Å². The number of anilines is 1. The number of carbonyl (C=O) groups is 1. The van der Waals surface area contributed by atoms with Crippen LogP contribution >= 0.6 is 0 Å². The zero-order chi connectivity index (χ0) is 18.8. The Bertz CT molecular complexity index is 1110. The molecule has 7 heteroatoms. The van der Waals surface area contributed by atoms with Crippen molar-refractivity contribution in [3.8, 4) is 5.95 Å².